The molecule has 0 atom stereocenters. The van der Waals surface area contributed by atoms with Crippen molar-refractivity contribution in [1.82, 2.24) is 19.7 Å². The van der Waals surface area contributed by atoms with Crippen LogP contribution in [0, 0.1) is 0 Å². The molecule has 0 saturated carbocycles. The molecule has 4 aromatic rings. The minimum Gasteiger partial charge on any atom is -0.389 e. The third kappa shape index (κ3) is 6.35. The lowest BCUT2D eigenvalue weighted by Crippen LogP contribution is -2.26. The standard InChI is InChI=1S/C24H26Cl2N6O/c1-24(2,33)15-32-14-21(23(26)31-32)30-22-7-3-5-17(29-22)6-4-11-27-19-10-12-28-20-13-16(25)8-9-18(19)20/h3,5,7-10,12-14,33H,4,6,11,15H2,1-2H3,(H,27,28)(H,29,30). The quantitative estimate of drug-likeness (QED) is 0.264. The van der Waals surface area contributed by atoms with E-state index in [0.29, 0.717) is 28.2 Å². The Morgan fingerprint density at radius 1 is 1.09 bits per heavy atom. The second kappa shape index (κ2) is 9.95. The molecule has 3 N–H and O–H groups in total. The van der Waals surface area contributed by atoms with E-state index >= 15 is 0 Å². The molecule has 3 aromatic heterocycles. The van der Waals surface area contributed by atoms with E-state index in [2.05, 4.69) is 25.7 Å². The van der Waals surface area contributed by atoms with Crippen LogP contribution in [0.4, 0.5) is 17.2 Å². The summed E-state index contributed by atoms with van der Waals surface area (Å²) in [4.78, 5) is 9.07. The van der Waals surface area contributed by atoms with Gasteiger partial charge in [-0.1, -0.05) is 29.3 Å². The van der Waals surface area contributed by atoms with Crippen LogP contribution in [-0.4, -0.2) is 37.0 Å². The number of nitrogens with one attached hydrogen (secondary N) is 2. The Morgan fingerprint density at radius 2 is 1.94 bits per heavy atom. The molecule has 3 heterocycles. The Kier molecular flexibility index (Phi) is 7.02. The van der Waals surface area contributed by atoms with E-state index in [1.165, 1.54) is 0 Å². The molecule has 0 amide bonds. The molecule has 0 spiro atoms. The number of benzene rings is 1. The molecule has 0 fully saturated rings. The summed E-state index contributed by atoms with van der Waals surface area (Å²) < 4.78 is 1.62. The van der Waals surface area contributed by atoms with Gasteiger partial charge < -0.3 is 15.7 Å². The van der Waals surface area contributed by atoms with Gasteiger partial charge in [0, 0.05) is 34.5 Å². The zero-order valence-electron chi connectivity index (χ0n) is 18.5. The maximum absolute atomic E-state index is 9.99. The SMILES string of the molecule is CC(C)(O)Cn1cc(Nc2cccc(CCCNc3ccnc4cc(Cl)ccc34)n2)c(Cl)n1. The predicted octanol–water partition coefficient (Wildman–Crippen LogP) is 5.69. The number of nitrogens with zero attached hydrogens (tertiary/aromatic N) is 4. The third-order valence-corrected chi connectivity index (χ3v) is 5.48. The fraction of sp³-hybridized carbons (Fsp3) is 0.292. The van der Waals surface area contributed by atoms with E-state index in [4.69, 9.17) is 23.2 Å². The number of hydrogen-bond donors (Lipinski definition) is 3. The normalized spacial score (nSPS) is 11.7. The van der Waals surface area contributed by atoms with Crippen LogP contribution in [0.15, 0.2) is 54.9 Å². The van der Waals surface area contributed by atoms with Crippen molar-refractivity contribution < 1.29 is 5.11 Å². The van der Waals surface area contributed by atoms with Crippen LogP contribution in [0.25, 0.3) is 10.9 Å². The van der Waals surface area contributed by atoms with E-state index in [1.807, 2.05) is 42.5 Å². The Hall–Kier alpha value is -2.87. The molecule has 0 bridgehead atoms. The number of aromatic nitrogens is 4. The monoisotopic (exact) mass is 484 g/mol. The van der Waals surface area contributed by atoms with Crippen molar-refractivity contribution in [2.24, 2.45) is 0 Å². The number of pyridine rings is 2. The molecular formula is C24H26Cl2N6O. The summed E-state index contributed by atoms with van der Waals surface area (Å²) in [5.41, 5.74) is 2.66. The van der Waals surface area contributed by atoms with E-state index in [9.17, 15) is 5.11 Å². The summed E-state index contributed by atoms with van der Waals surface area (Å²) >= 11 is 12.3. The van der Waals surface area contributed by atoms with Gasteiger partial charge in [0.1, 0.15) is 5.82 Å². The van der Waals surface area contributed by atoms with Crippen LogP contribution in [0.1, 0.15) is 26.0 Å². The fourth-order valence-corrected chi connectivity index (χ4v) is 3.91. The minimum absolute atomic E-state index is 0.335. The second-order valence-corrected chi connectivity index (χ2v) is 9.33. The van der Waals surface area contributed by atoms with Crippen LogP contribution < -0.4 is 10.6 Å². The molecule has 9 heteroatoms. The summed E-state index contributed by atoms with van der Waals surface area (Å²) in [7, 11) is 0. The molecule has 4 rings (SSSR count). The van der Waals surface area contributed by atoms with Crippen molar-refractivity contribution >= 4 is 51.3 Å². The summed E-state index contributed by atoms with van der Waals surface area (Å²) in [5.74, 6) is 0.696. The van der Waals surface area contributed by atoms with Crippen molar-refractivity contribution in [3.8, 4) is 0 Å². The molecule has 33 heavy (non-hydrogen) atoms. The Morgan fingerprint density at radius 3 is 2.76 bits per heavy atom. The van der Waals surface area contributed by atoms with E-state index < -0.39 is 5.60 Å². The van der Waals surface area contributed by atoms with Crippen molar-refractivity contribution in [1.29, 1.82) is 0 Å². The van der Waals surface area contributed by atoms with Crippen LogP contribution >= 0.6 is 23.2 Å². The maximum atomic E-state index is 9.99. The van der Waals surface area contributed by atoms with Crippen molar-refractivity contribution in [2.75, 3.05) is 17.2 Å². The zero-order valence-corrected chi connectivity index (χ0v) is 20.0. The molecule has 0 saturated heterocycles. The van der Waals surface area contributed by atoms with Gasteiger partial charge in [-0.05, 0) is 63.1 Å². The predicted molar refractivity (Wildman–Crippen MR) is 135 cm³/mol. The first-order valence-corrected chi connectivity index (χ1v) is 11.5. The van der Waals surface area contributed by atoms with Crippen LogP contribution in [0.2, 0.25) is 10.2 Å². The highest BCUT2D eigenvalue weighted by Crippen LogP contribution is 2.25. The van der Waals surface area contributed by atoms with Gasteiger partial charge in [-0.15, -0.1) is 0 Å². The second-order valence-electron chi connectivity index (χ2n) is 8.53. The average molecular weight is 485 g/mol. The maximum Gasteiger partial charge on any atom is 0.174 e. The average Bonchev–Trinajstić information content (AvgIpc) is 3.08. The van der Waals surface area contributed by atoms with Gasteiger partial charge in [-0.3, -0.25) is 9.67 Å². The first kappa shape index (κ1) is 23.3. The molecule has 172 valence electrons. The van der Waals surface area contributed by atoms with Crippen molar-refractivity contribution in [2.45, 2.75) is 38.8 Å². The highest BCUT2D eigenvalue weighted by atomic mass is 35.5. The van der Waals surface area contributed by atoms with Gasteiger partial charge in [0.05, 0.1) is 29.5 Å². The van der Waals surface area contributed by atoms with Gasteiger partial charge >= 0.3 is 0 Å². The lowest BCUT2D eigenvalue weighted by molar-refractivity contribution is 0.0578. The van der Waals surface area contributed by atoms with Gasteiger partial charge in [-0.25, -0.2) is 4.98 Å². The first-order chi connectivity index (χ1) is 15.8. The van der Waals surface area contributed by atoms with E-state index in [-0.39, 0.29) is 0 Å². The molecule has 0 aliphatic heterocycles. The summed E-state index contributed by atoms with van der Waals surface area (Å²) in [6, 6.07) is 13.6. The summed E-state index contributed by atoms with van der Waals surface area (Å²) in [6.45, 7) is 4.59. The zero-order chi connectivity index (χ0) is 23.4. The summed E-state index contributed by atoms with van der Waals surface area (Å²) in [6.07, 6.45) is 5.29. The van der Waals surface area contributed by atoms with Gasteiger partial charge in [-0.2, -0.15) is 5.10 Å². The number of aliphatic hydroxyl groups is 1. The van der Waals surface area contributed by atoms with Gasteiger partial charge in [0.2, 0.25) is 0 Å². The number of rotatable bonds is 9. The highest BCUT2D eigenvalue weighted by molar-refractivity contribution is 6.32. The molecule has 0 unspecified atom stereocenters. The van der Waals surface area contributed by atoms with Crippen LogP contribution in [0.3, 0.4) is 0 Å². The number of fused-ring (bicyclic) bond motifs is 1. The number of halogens is 2. The lowest BCUT2D eigenvalue weighted by atomic mass is 10.1. The fourth-order valence-electron chi connectivity index (χ4n) is 3.55. The Labute approximate surface area is 202 Å². The molecule has 7 nitrogen and oxygen atoms in total. The number of hydrogen-bond acceptors (Lipinski definition) is 6. The summed E-state index contributed by atoms with van der Waals surface area (Å²) in [5, 5.41) is 23.0. The smallest absolute Gasteiger partial charge is 0.174 e. The van der Waals surface area contributed by atoms with Gasteiger partial charge in [0.25, 0.3) is 0 Å². The van der Waals surface area contributed by atoms with Gasteiger partial charge in [0.15, 0.2) is 5.15 Å². The molecular weight excluding hydrogens is 459 g/mol. The third-order valence-electron chi connectivity index (χ3n) is 4.96. The highest BCUT2D eigenvalue weighted by Gasteiger charge is 2.16. The Bertz CT molecular complexity index is 1250. The van der Waals surface area contributed by atoms with Crippen molar-refractivity contribution in [3.63, 3.8) is 0 Å². The topological polar surface area (TPSA) is 87.9 Å². The first-order valence-electron chi connectivity index (χ1n) is 10.7. The van der Waals surface area contributed by atoms with Crippen LogP contribution in [0.5, 0.6) is 0 Å². The Balaban J connectivity index is 1.34. The van der Waals surface area contributed by atoms with E-state index in [0.717, 1.165) is 41.7 Å². The lowest BCUT2D eigenvalue weighted by Gasteiger charge is -2.16. The number of aryl methyl sites for hydroxylation is 1. The largest absolute Gasteiger partial charge is 0.389 e. The molecule has 1 aromatic carbocycles. The molecule has 0 radical (unpaired) electrons. The molecule has 0 aliphatic rings. The number of anilines is 3. The van der Waals surface area contributed by atoms with Crippen molar-refractivity contribution in [3.05, 3.63) is 70.7 Å². The molecule has 0 aliphatic carbocycles. The van der Waals surface area contributed by atoms with Crippen LogP contribution in [-0.2, 0) is 13.0 Å². The van der Waals surface area contributed by atoms with E-state index in [1.54, 1.807) is 30.9 Å². The minimum atomic E-state index is -0.881.